The van der Waals surface area contributed by atoms with Crippen LogP contribution in [-0.2, 0) is 0 Å². The minimum atomic E-state index is -3.71. The molecule has 2 heterocycles. The number of halogens is 3. The maximum absolute atomic E-state index is 13.2. The molecule has 150 valence electrons. The molecule has 0 radical (unpaired) electrons. The fourth-order valence-corrected chi connectivity index (χ4v) is 2.86. The van der Waals surface area contributed by atoms with Crippen LogP contribution in [0.25, 0.3) is 11.1 Å². The molecule has 29 heavy (non-hydrogen) atoms. The Morgan fingerprint density at radius 1 is 1.03 bits per heavy atom. The van der Waals surface area contributed by atoms with Gasteiger partial charge in [-0.15, -0.1) is 8.78 Å². The molecule has 5 nitrogen and oxygen atoms in total. The number of hydrogen-bond donors (Lipinski definition) is 1. The molecule has 1 aliphatic heterocycles. The molecule has 0 aliphatic carbocycles. The van der Waals surface area contributed by atoms with Gasteiger partial charge in [0, 0.05) is 29.0 Å². The number of nitrogens with one attached hydrogen (secondary N) is 1. The Hall–Kier alpha value is -3.19. The van der Waals surface area contributed by atoms with Gasteiger partial charge in [-0.2, -0.15) is 0 Å². The Morgan fingerprint density at radius 2 is 1.69 bits per heavy atom. The van der Waals surface area contributed by atoms with Crippen LogP contribution in [0.5, 0.6) is 11.5 Å². The van der Waals surface area contributed by atoms with Crippen LogP contribution in [-0.4, -0.2) is 17.2 Å². The molecule has 0 fully saturated rings. The van der Waals surface area contributed by atoms with Crippen LogP contribution in [0, 0.1) is 0 Å². The zero-order valence-electron chi connectivity index (χ0n) is 15.6. The fraction of sp³-hybridized carbons (Fsp3) is 0.143. The van der Waals surface area contributed by atoms with E-state index in [1.54, 1.807) is 36.4 Å². The van der Waals surface area contributed by atoms with Crippen molar-refractivity contribution < 1.29 is 23.0 Å². The van der Waals surface area contributed by atoms with Crippen molar-refractivity contribution in [1.82, 2.24) is 4.98 Å². The molecule has 0 bridgehead atoms. The maximum Gasteiger partial charge on any atom is 0.586 e. The summed E-state index contributed by atoms with van der Waals surface area (Å²) >= 11 is 6.16. The zero-order valence-corrected chi connectivity index (χ0v) is 16.3. The average Bonchev–Trinajstić information content (AvgIpc) is 3.03. The summed E-state index contributed by atoms with van der Waals surface area (Å²) in [6.45, 7) is 4.00. The van der Waals surface area contributed by atoms with Gasteiger partial charge in [0.15, 0.2) is 11.5 Å². The summed E-state index contributed by atoms with van der Waals surface area (Å²) in [7, 11) is 0. The van der Waals surface area contributed by atoms with Gasteiger partial charge in [-0.25, -0.2) is 4.98 Å². The zero-order chi connectivity index (χ0) is 21.0. The number of rotatable bonds is 3. The first-order chi connectivity index (χ1) is 13.9. The molecule has 0 unspecified atom stereocenters. The Labute approximate surface area is 171 Å². The molecule has 8 heteroatoms. The first kappa shape index (κ1) is 20.5. The number of amides is 1. The molecule has 0 saturated heterocycles. The Kier molecular flexibility index (Phi) is 5.98. The summed E-state index contributed by atoms with van der Waals surface area (Å²) in [4.78, 5) is 16.3. The van der Waals surface area contributed by atoms with E-state index in [4.69, 9.17) is 11.6 Å². The molecule has 1 aliphatic rings. The van der Waals surface area contributed by atoms with Crippen molar-refractivity contribution in [2.24, 2.45) is 0 Å². The minimum absolute atomic E-state index is 0.110. The number of ether oxygens (including phenoxy) is 2. The van der Waals surface area contributed by atoms with Crippen LogP contribution in [0.3, 0.4) is 0 Å². The summed E-state index contributed by atoms with van der Waals surface area (Å²) in [5.74, 6) is -0.190. The third-order valence-corrected chi connectivity index (χ3v) is 4.16. The largest absolute Gasteiger partial charge is 0.586 e. The summed E-state index contributed by atoms with van der Waals surface area (Å²) in [6.07, 6.45) is -2.24. The number of benzene rings is 2. The Balaban J connectivity index is 0.00000117. The smallest absolute Gasteiger partial charge is 0.395 e. The fourth-order valence-electron chi connectivity index (χ4n) is 2.60. The van der Waals surface area contributed by atoms with Crippen LogP contribution >= 0.6 is 11.6 Å². The molecule has 0 atom stereocenters. The van der Waals surface area contributed by atoms with E-state index in [0.29, 0.717) is 22.5 Å². The lowest BCUT2D eigenvalue weighted by Crippen LogP contribution is -2.25. The molecule has 0 spiro atoms. The number of alkyl halides is 2. The lowest BCUT2D eigenvalue weighted by Gasteiger charge is -2.08. The van der Waals surface area contributed by atoms with E-state index in [-0.39, 0.29) is 22.4 Å². The van der Waals surface area contributed by atoms with E-state index in [1.807, 2.05) is 19.9 Å². The molecule has 0 saturated carbocycles. The van der Waals surface area contributed by atoms with Crippen molar-refractivity contribution in [1.29, 1.82) is 0 Å². The van der Waals surface area contributed by atoms with Crippen LogP contribution in [0.1, 0.15) is 24.2 Å². The van der Waals surface area contributed by atoms with Crippen LogP contribution in [0.15, 0.2) is 60.8 Å². The van der Waals surface area contributed by atoms with Crippen LogP contribution in [0.2, 0.25) is 5.02 Å². The predicted octanol–water partition coefficient (Wildman–Crippen LogP) is 6.00. The highest BCUT2D eigenvalue weighted by molar-refractivity contribution is 6.33. The second-order valence-corrected chi connectivity index (χ2v) is 6.11. The van der Waals surface area contributed by atoms with Gasteiger partial charge >= 0.3 is 6.29 Å². The highest BCUT2D eigenvalue weighted by atomic mass is 35.5. The molecule has 1 aromatic heterocycles. The molecule has 4 rings (SSSR count). The normalized spacial score (nSPS) is 13.3. The summed E-state index contributed by atoms with van der Waals surface area (Å²) in [5, 5.41) is 2.88. The van der Waals surface area contributed by atoms with Crippen molar-refractivity contribution >= 4 is 23.3 Å². The number of anilines is 1. The van der Waals surface area contributed by atoms with Gasteiger partial charge in [-0.05, 0) is 30.3 Å². The quantitative estimate of drug-likeness (QED) is 0.566. The summed E-state index contributed by atoms with van der Waals surface area (Å²) in [5.41, 5.74) is 1.52. The van der Waals surface area contributed by atoms with E-state index < -0.39 is 6.29 Å². The van der Waals surface area contributed by atoms with E-state index in [1.165, 1.54) is 18.3 Å². The number of fused-ring (bicyclic) bond motifs is 1. The van der Waals surface area contributed by atoms with Gasteiger partial charge in [0.1, 0.15) is 5.82 Å². The maximum atomic E-state index is 13.2. The first-order valence-corrected chi connectivity index (χ1v) is 9.21. The molecular formula is C21H17ClF2N2O3. The summed E-state index contributed by atoms with van der Waals surface area (Å²) < 4.78 is 35.2. The third kappa shape index (κ3) is 4.63. The highest BCUT2D eigenvalue weighted by Gasteiger charge is 2.43. The van der Waals surface area contributed by atoms with Gasteiger partial charge in [0.25, 0.3) is 5.91 Å². The number of carbonyl (C=O) groups excluding carboxylic acids is 1. The van der Waals surface area contributed by atoms with E-state index in [9.17, 15) is 13.6 Å². The Morgan fingerprint density at radius 3 is 2.31 bits per heavy atom. The van der Waals surface area contributed by atoms with E-state index in [2.05, 4.69) is 19.8 Å². The van der Waals surface area contributed by atoms with Gasteiger partial charge < -0.3 is 14.8 Å². The number of aromatic nitrogens is 1. The third-order valence-electron chi connectivity index (χ3n) is 3.84. The van der Waals surface area contributed by atoms with Crippen molar-refractivity contribution in [3.63, 3.8) is 0 Å². The SMILES string of the molecule is CC.O=C(Nc1ccc(-c2cc3c(cc2Cl)OC(F)(F)O3)cn1)c1ccccc1. The van der Waals surface area contributed by atoms with E-state index in [0.717, 1.165) is 0 Å². The second-order valence-electron chi connectivity index (χ2n) is 5.70. The van der Waals surface area contributed by atoms with Crippen molar-refractivity contribution in [3.05, 3.63) is 71.4 Å². The molecular weight excluding hydrogens is 402 g/mol. The van der Waals surface area contributed by atoms with Crippen molar-refractivity contribution in [2.45, 2.75) is 20.1 Å². The van der Waals surface area contributed by atoms with E-state index >= 15 is 0 Å². The molecule has 1 amide bonds. The topological polar surface area (TPSA) is 60.5 Å². The highest BCUT2D eigenvalue weighted by Crippen LogP contribution is 2.45. The molecule has 1 N–H and O–H groups in total. The number of carbonyl (C=O) groups is 1. The predicted molar refractivity (Wildman–Crippen MR) is 107 cm³/mol. The van der Waals surface area contributed by atoms with Gasteiger partial charge in [-0.3, -0.25) is 4.79 Å². The number of hydrogen-bond acceptors (Lipinski definition) is 4. The Bertz CT molecular complexity index is 1010. The van der Waals surface area contributed by atoms with Crippen LogP contribution in [0.4, 0.5) is 14.6 Å². The lowest BCUT2D eigenvalue weighted by molar-refractivity contribution is -0.286. The standard InChI is InChI=1S/C19H11ClF2N2O3.C2H6/c20-14-9-16-15(26-19(21,22)27-16)8-13(14)12-6-7-17(23-10-12)24-18(25)11-4-2-1-3-5-11;1-2/h1-10H,(H,23,24,25);1-2H3. The summed E-state index contributed by atoms with van der Waals surface area (Å²) in [6, 6.07) is 14.6. The monoisotopic (exact) mass is 418 g/mol. The second kappa shape index (κ2) is 8.45. The van der Waals surface area contributed by atoms with Crippen LogP contribution < -0.4 is 14.8 Å². The van der Waals surface area contributed by atoms with Crippen molar-refractivity contribution in [2.75, 3.05) is 5.32 Å². The van der Waals surface area contributed by atoms with Gasteiger partial charge in [0.05, 0.1) is 5.02 Å². The number of nitrogens with zero attached hydrogens (tertiary/aromatic N) is 1. The lowest BCUT2D eigenvalue weighted by atomic mass is 10.1. The first-order valence-electron chi connectivity index (χ1n) is 8.83. The van der Waals surface area contributed by atoms with Gasteiger partial charge in [0.2, 0.25) is 0 Å². The van der Waals surface area contributed by atoms with Crippen molar-refractivity contribution in [3.8, 4) is 22.6 Å². The number of pyridine rings is 1. The molecule has 3 aromatic rings. The average molecular weight is 419 g/mol. The molecule has 2 aromatic carbocycles. The minimum Gasteiger partial charge on any atom is -0.395 e. The van der Waals surface area contributed by atoms with Gasteiger partial charge in [-0.1, -0.05) is 43.6 Å².